The number of alkyl halides is 1. The summed E-state index contributed by atoms with van der Waals surface area (Å²) in [7, 11) is 1.45. The number of rotatable bonds is 4. The van der Waals surface area contributed by atoms with Gasteiger partial charge in [-0.25, -0.2) is 13.8 Å². The number of nitrogens with zero attached hydrogens (tertiary/aromatic N) is 4. The van der Waals surface area contributed by atoms with Gasteiger partial charge in [0.15, 0.2) is 10.8 Å². The number of piperidine rings is 2. The lowest BCUT2D eigenvalue weighted by Gasteiger charge is -2.46. The summed E-state index contributed by atoms with van der Waals surface area (Å²) in [5, 5.41) is 4.65. The fourth-order valence-corrected chi connectivity index (χ4v) is 6.31. The lowest BCUT2D eigenvalue weighted by atomic mass is 9.81. The van der Waals surface area contributed by atoms with Crippen molar-refractivity contribution in [3.8, 4) is 5.75 Å². The van der Waals surface area contributed by atoms with Gasteiger partial charge in [-0.3, -0.25) is 9.69 Å². The number of hydrogen-bond acceptors (Lipinski definition) is 8. The second-order valence-corrected chi connectivity index (χ2v) is 11.0. The number of anilines is 1. The monoisotopic (exact) mass is 519 g/mol. The molecule has 8 nitrogen and oxygen atoms in total. The Balaban J connectivity index is 1.20. The number of nitrogens with two attached hydrogens (primary N) is 1. The van der Waals surface area contributed by atoms with E-state index in [4.69, 9.17) is 15.3 Å². The molecule has 0 atom stereocenters. The van der Waals surface area contributed by atoms with Crippen LogP contribution in [0.1, 0.15) is 48.2 Å². The zero-order chi connectivity index (χ0) is 25.5. The summed E-state index contributed by atoms with van der Waals surface area (Å²) in [6.45, 7) is 4.39. The first-order chi connectivity index (χ1) is 17.2. The standard InChI is InChI=1S/C25H31F2N5O3S/c1-16-21(36-23(28)29-16)15-31-9-7-25(27,8-10-31)22(33)32-11-5-24(6-12-32)14-19(30-34-2)18-13-17(26)3-4-20(18)35-24/h3-4,13H,5-12,14-15H2,1-2H3,(H2,28,29)/b30-19+. The van der Waals surface area contributed by atoms with Crippen molar-refractivity contribution in [2.75, 3.05) is 39.0 Å². The molecule has 0 bridgehead atoms. The number of fused-ring (bicyclic) bond motifs is 1. The third kappa shape index (κ3) is 4.78. The van der Waals surface area contributed by atoms with Crippen LogP contribution in [0.5, 0.6) is 5.75 Å². The van der Waals surface area contributed by atoms with Crippen molar-refractivity contribution in [2.24, 2.45) is 5.16 Å². The predicted octanol–water partition coefficient (Wildman–Crippen LogP) is 3.67. The molecule has 1 aromatic heterocycles. The van der Waals surface area contributed by atoms with Crippen LogP contribution in [0.3, 0.4) is 0 Å². The topological polar surface area (TPSA) is 93.3 Å². The maximum atomic E-state index is 15.8. The fraction of sp³-hybridized carbons (Fsp3) is 0.560. The number of halogens is 2. The summed E-state index contributed by atoms with van der Waals surface area (Å²) in [4.78, 5) is 27.4. The van der Waals surface area contributed by atoms with Crippen molar-refractivity contribution in [1.82, 2.24) is 14.8 Å². The number of aromatic nitrogens is 1. The van der Waals surface area contributed by atoms with E-state index in [9.17, 15) is 9.18 Å². The van der Waals surface area contributed by atoms with Crippen LogP contribution in [0, 0.1) is 12.7 Å². The molecule has 2 N–H and O–H groups in total. The molecule has 0 aliphatic carbocycles. The molecule has 0 saturated carbocycles. The third-order valence-corrected chi connectivity index (χ3v) is 8.51. The van der Waals surface area contributed by atoms with E-state index in [0.717, 1.165) is 10.6 Å². The minimum Gasteiger partial charge on any atom is -0.486 e. The number of nitrogen functional groups attached to an aromatic ring is 1. The number of carbonyl (C=O) groups is 1. The minimum absolute atomic E-state index is 0.168. The van der Waals surface area contributed by atoms with E-state index in [2.05, 4.69) is 15.0 Å². The highest BCUT2D eigenvalue weighted by Crippen LogP contribution is 2.41. The number of benzene rings is 1. The van der Waals surface area contributed by atoms with Crippen LogP contribution in [0.2, 0.25) is 0 Å². The van der Waals surface area contributed by atoms with Crippen molar-refractivity contribution in [3.05, 3.63) is 40.2 Å². The second-order valence-electron chi connectivity index (χ2n) is 9.92. The van der Waals surface area contributed by atoms with E-state index in [1.807, 2.05) is 6.92 Å². The molecule has 1 spiro atoms. The predicted molar refractivity (Wildman–Crippen MR) is 133 cm³/mol. The second kappa shape index (κ2) is 9.59. The van der Waals surface area contributed by atoms with Gasteiger partial charge in [-0.15, -0.1) is 11.3 Å². The molecule has 11 heteroatoms. The molecular weight excluding hydrogens is 488 g/mol. The van der Waals surface area contributed by atoms with E-state index in [1.54, 1.807) is 11.0 Å². The molecule has 0 unspecified atom stereocenters. The Hall–Kier alpha value is -2.79. The van der Waals surface area contributed by atoms with Crippen molar-refractivity contribution in [1.29, 1.82) is 0 Å². The molecule has 36 heavy (non-hydrogen) atoms. The van der Waals surface area contributed by atoms with E-state index in [0.29, 0.717) is 74.1 Å². The maximum Gasteiger partial charge on any atom is 0.260 e. The van der Waals surface area contributed by atoms with Gasteiger partial charge in [0.25, 0.3) is 5.91 Å². The normalized spacial score (nSPS) is 22.3. The number of carbonyl (C=O) groups excluding carboxylic acids is 1. The number of oxime groups is 1. The highest BCUT2D eigenvalue weighted by atomic mass is 32.1. The molecule has 4 heterocycles. The number of likely N-dealkylation sites (tertiary alicyclic amines) is 2. The minimum atomic E-state index is -1.86. The van der Waals surface area contributed by atoms with Gasteiger partial charge in [-0.2, -0.15) is 0 Å². The van der Waals surface area contributed by atoms with Gasteiger partial charge >= 0.3 is 0 Å². The Kier molecular flexibility index (Phi) is 6.63. The van der Waals surface area contributed by atoms with Crippen LogP contribution in [-0.2, 0) is 16.2 Å². The van der Waals surface area contributed by atoms with E-state index in [-0.39, 0.29) is 18.7 Å². The van der Waals surface area contributed by atoms with Gasteiger partial charge in [0.1, 0.15) is 24.3 Å². The van der Waals surface area contributed by atoms with Gasteiger partial charge in [-0.05, 0) is 25.1 Å². The van der Waals surface area contributed by atoms with Crippen molar-refractivity contribution in [3.63, 3.8) is 0 Å². The Morgan fingerprint density at radius 3 is 2.61 bits per heavy atom. The Bertz CT molecular complexity index is 1170. The molecule has 5 rings (SSSR count). The average molecular weight is 520 g/mol. The smallest absolute Gasteiger partial charge is 0.260 e. The zero-order valence-electron chi connectivity index (χ0n) is 20.6. The van der Waals surface area contributed by atoms with Crippen LogP contribution >= 0.6 is 11.3 Å². The van der Waals surface area contributed by atoms with Crippen LogP contribution in [0.15, 0.2) is 23.4 Å². The van der Waals surface area contributed by atoms with Gasteiger partial charge in [0.2, 0.25) is 0 Å². The van der Waals surface area contributed by atoms with E-state index in [1.165, 1.54) is 30.6 Å². The molecule has 3 aliphatic heterocycles. The van der Waals surface area contributed by atoms with Crippen LogP contribution in [0.25, 0.3) is 0 Å². The molecule has 1 aromatic carbocycles. The first-order valence-electron chi connectivity index (χ1n) is 12.2. The van der Waals surface area contributed by atoms with Crippen LogP contribution < -0.4 is 10.5 Å². The summed E-state index contributed by atoms with van der Waals surface area (Å²) in [6.07, 6.45) is 1.84. The summed E-state index contributed by atoms with van der Waals surface area (Å²) in [5.74, 6) is -0.257. The molecule has 2 aromatic rings. The molecule has 194 valence electrons. The molecular formula is C25H31F2N5O3S. The number of thiazole rings is 1. The summed E-state index contributed by atoms with van der Waals surface area (Å²) in [6, 6.07) is 4.34. The zero-order valence-corrected chi connectivity index (χ0v) is 21.4. The van der Waals surface area contributed by atoms with E-state index < -0.39 is 17.2 Å². The SMILES string of the molecule is CO/N=C1\CC2(CCN(C(=O)C3(F)CCN(Cc4sc(N)nc4C)CC3)CC2)Oc2ccc(F)cc21. The molecule has 1 amide bonds. The molecule has 0 radical (unpaired) electrons. The first kappa shape index (κ1) is 24.9. The fourth-order valence-electron chi connectivity index (χ4n) is 5.44. The van der Waals surface area contributed by atoms with E-state index >= 15 is 4.39 Å². The average Bonchev–Trinajstić information content (AvgIpc) is 3.17. The number of amides is 1. The van der Waals surface area contributed by atoms with Crippen molar-refractivity contribution < 1.29 is 23.1 Å². The van der Waals surface area contributed by atoms with Crippen LogP contribution in [0.4, 0.5) is 13.9 Å². The molecule has 2 fully saturated rings. The number of ether oxygens (including phenoxy) is 1. The van der Waals surface area contributed by atoms with Crippen molar-refractivity contribution >= 4 is 28.1 Å². The number of aryl methyl sites for hydroxylation is 1. The largest absolute Gasteiger partial charge is 0.486 e. The van der Waals surface area contributed by atoms with Gasteiger partial charge < -0.3 is 20.2 Å². The summed E-state index contributed by atoms with van der Waals surface area (Å²) >= 11 is 1.46. The third-order valence-electron chi connectivity index (χ3n) is 7.54. The molecule has 2 saturated heterocycles. The summed E-state index contributed by atoms with van der Waals surface area (Å²) in [5.41, 5.74) is 5.45. The Labute approximate surface area is 213 Å². The lowest BCUT2D eigenvalue weighted by Crippen LogP contribution is -2.57. The maximum absolute atomic E-state index is 15.8. The van der Waals surface area contributed by atoms with Gasteiger partial charge in [0.05, 0.1) is 11.4 Å². The Morgan fingerprint density at radius 1 is 1.25 bits per heavy atom. The number of hydrogen-bond donors (Lipinski definition) is 1. The highest BCUT2D eigenvalue weighted by molar-refractivity contribution is 7.15. The van der Waals surface area contributed by atoms with Gasteiger partial charge in [0, 0.05) is 75.3 Å². The highest BCUT2D eigenvalue weighted by Gasteiger charge is 2.48. The first-order valence-corrected chi connectivity index (χ1v) is 13.0. The molecule has 3 aliphatic rings. The quantitative estimate of drug-likeness (QED) is 0.620. The lowest BCUT2D eigenvalue weighted by molar-refractivity contribution is -0.151. The Morgan fingerprint density at radius 2 is 1.97 bits per heavy atom. The van der Waals surface area contributed by atoms with Gasteiger partial charge in [-0.1, -0.05) is 5.16 Å². The van der Waals surface area contributed by atoms with Crippen LogP contribution in [-0.4, -0.2) is 71.0 Å². The summed E-state index contributed by atoms with van der Waals surface area (Å²) < 4.78 is 36.0. The van der Waals surface area contributed by atoms with Crippen molar-refractivity contribution in [2.45, 2.75) is 56.8 Å².